The quantitative estimate of drug-likeness (QED) is 0.175. The van der Waals surface area contributed by atoms with Gasteiger partial charge in [-0.25, -0.2) is 14.8 Å². The molecule has 0 aliphatic carbocycles. The maximum atomic E-state index is 13.4. The van der Waals surface area contributed by atoms with Crippen molar-refractivity contribution in [2.75, 3.05) is 27.3 Å². The van der Waals surface area contributed by atoms with Crippen molar-refractivity contribution in [3.63, 3.8) is 0 Å². The van der Waals surface area contributed by atoms with Crippen molar-refractivity contribution in [3.05, 3.63) is 105 Å². The van der Waals surface area contributed by atoms with E-state index >= 15 is 0 Å². The molecule has 1 fully saturated rings. The van der Waals surface area contributed by atoms with E-state index in [0.29, 0.717) is 58.2 Å². The van der Waals surface area contributed by atoms with Crippen LogP contribution in [-0.2, 0) is 20.9 Å². The number of fused-ring (bicyclic) bond motifs is 1. The highest BCUT2D eigenvalue weighted by Crippen LogP contribution is 2.42. The summed E-state index contributed by atoms with van der Waals surface area (Å²) in [5, 5.41) is 10.2. The number of amides is 1. The van der Waals surface area contributed by atoms with Crippen LogP contribution in [0.1, 0.15) is 24.0 Å². The zero-order valence-electron chi connectivity index (χ0n) is 27.7. The highest BCUT2D eigenvalue weighted by atomic mass is 35.5. The fourth-order valence-corrected chi connectivity index (χ4v) is 6.99. The van der Waals surface area contributed by atoms with Crippen LogP contribution < -0.4 is 26.2 Å². The van der Waals surface area contributed by atoms with Crippen LogP contribution in [0.4, 0.5) is 0 Å². The predicted octanol–water partition coefficient (Wildman–Crippen LogP) is 4.67. The fraction of sp³-hybridized carbons (Fsp3) is 0.243. The molecule has 260 valence electrons. The number of methoxy groups -OCH3 is 2. The molecule has 7 rings (SSSR count). The number of rotatable bonds is 10. The van der Waals surface area contributed by atoms with Gasteiger partial charge in [-0.05, 0) is 30.2 Å². The number of nitrogens with zero attached hydrogens (tertiary/aromatic N) is 4. The van der Waals surface area contributed by atoms with E-state index in [0.717, 1.165) is 34.2 Å². The summed E-state index contributed by atoms with van der Waals surface area (Å²) in [4.78, 5) is 50.4. The summed E-state index contributed by atoms with van der Waals surface area (Å²) in [7, 11) is 2.88. The number of benzene rings is 2. The maximum absolute atomic E-state index is 13.4. The van der Waals surface area contributed by atoms with Crippen molar-refractivity contribution in [1.82, 2.24) is 30.3 Å². The molecule has 0 saturated carbocycles. The SMILES string of the molecule is COC(=O)[C@@H]1CN=C(c2cnc3cc(-c4cccc(-c5cccc(-c6ccc(CNC[C@H]7CCC(=O)N7)c(OC)n6)c5Cl)c4Cl)ccn3c2=O)N1. The van der Waals surface area contributed by atoms with E-state index < -0.39 is 12.0 Å². The molecular formula is C37H33Cl2N7O5. The number of carbonyl (C=O) groups is 2. The summed E-state index contributed by atoms with van der Waals surface area (Å²) in [6.07, 6.45) is 4.46. The van der Waals surface area contributed by atoms with Gasteiger partial charge in [0.2, 0.25) is 11.8 Å². The number of aliphatic imine (C=N–C) groups is 1. The Bertz CT molecular complexity index is 2270. The van der Waals surface area contributed by atoms with Gasteiger partial charge in [0.05, 0.1) is 36.5 Å². The Morgan fingerprint density at radius 3 is 2.43 bits per heavy atom. The van der Waals surface area contributed by atoms with E-state index in [1.165, 1.54) is 17.7 Å². The molecule has 51 heavy (non-hydrogen) atoms. The molecule has 2 aliphatic rings. The normalized spacial score (nSPS) is 16.9. The Morgan fingerprint density at radius 1 is 0.961 bits per heavy atom. The molecule has 3 aromatic heterocycles. The van der Waals surface area contributed by atoms with E-state index in [1.807, 2.05) is 48.5 Å². The van der Waals surface area contributed by atoms with Crippen LogP contribution in [0, 0.1) is 0 Å². The molecule has 5 aromatic rings. The molecule has 0 bridgehead atoms. The van der Waals surface area contributed by atoms with Gasteiger partial charge < -0.3 is 25.4 Å². The number of aromatic nitrogens is 3. The summed E-state index contributed by atoms with van der Waals surface area (Å²) >= 11 is 14.2. The van der Waals surface area contributed by atoms with Crippen molar-refractivity contribution < 1.29 is 19.1 Å². The first-order valence-corrected chi connectivity index (χ1v) is 17.0. The predicted molar refractivity (Wildman–Crippen MR) is 195 cm³/mol. The summed E-state index contributed by atoms with van der Waals surface area (Å²) in [6, 6.07) is 18.3. The van der Waals surface area contributed by atoms with Crippen LogP contribution in [0.5, 0.6) is 5.88 Å². The maximum Gasteiger partial charge on any atom is 0.330 e. The molecule has 0 unspecified atom stereocenters. The van der Waals surface area contributed by atoms with Crippen molar-refractivity contribution in [1.29, 1.82) is 0 Å². The van der Waals surface area contributed by atoms with Gasteiger partial charge in [0.1, 0.15) is 23.1 Å². The lowest BCUT2D eigenvalue weighted by atomic mass is 9.97. The fourth-order valence-electron chi connectivity index (χ4n) is 6.33. The zero-order chi connectivity index (χ0) is 35.6. The number of ether oxygens (including phenoxy) is 2. The minimum Gasteiger partial charge on any atom is -0.481 e. The van der Waals surface area contributed by atoms with Gasteiger partial charge in [-0.2, -0.15) is 0 Å². The molecule has 2 aliphatic heterocycles. The average molecular weight is 727 g/mol. The lowest BCUT2D eigenvalue weighted by Gasteiger charge is -2.16. The molecule has 1 amide bonds. The Morgan fingerprint density at radius 2 is 1.71 bits per heavy atom. The van der Waals surface area contributed by atoms with Crippen molar-refractivity contribution in [3.8, 4) is 39.4 Å². The largest absolute Gasteiger partial charge is 0.481 e. The van der Waals surface area contributed by atoms with Crippen LogP contribution in [-0.4, -0.2) is 71.5 Å². The monoisotopic (exact) mass is 725 g/mol. The molecular weight excluding hydrogens is 693 g/mol. The Balaban J connectivity index is 1.14. The van der Waals surface area contributed by atoms with E-state index in [4.69, 9.17) is 37.7 Å². The second-order valence-electron chi connectivity index (χ2n) is 12.2. The van der Waals surface area contributed by atoms with Crippen molar-refractivity contribution >= 4 is 46.6 Å². The Kier molecular flexibility index (Phi) is 9.72. The second kappa shape index (κ2) is 14.5. The number of carbonyl (C=O) groups excluding carboxylic acids is 2. The van der Waals surface area contributed by atoms with Gasteiger partial charge in [-0.3, -0.25) is 19.0 Å². The van der Waals surface area contributed by atoms with E-state index in [1.54, 1.807) is 25.4 Å². The van der Waals surface area contributed by atoms with Crippen LogP contribution in [0.15, 0.2) is 82.8 Å². The number of amidine groups is 1. The third-order valence-electron chi connectivity index (χ3n) is 8.99. The lowest BCUT2D eigenvalue weighted by molar-refractivity contribution is -0.142. The topological polar surface area (TPSA) is 148 Å². The standard InChI is InChI=1S/C37H33Cl2N7O5/c1-50-35-21(16-40-17-22-10-12-31(47)43-22)9-11-28(45-35)26-8-4-7-25(33(26)39)24-6-3-5-23(32(24)38)20-13-14-46-30(15-20)41-18-27(36(46)48)34-42-19-29(44-34)37(49)51-2/h3-9,11,13-15,18,22,29,40H,10,12,16-17,19H2,1-2H3,(H,42,44)(H,43,47)/t22-,29+/m1/s1. The summed E-state index contributed by atoms with van der Waals surface area (Å²) in [5.74, 6) is 0.404. The molecule has 12 nitrogen and oxygen atoms in total. The van der Waals surface area contributed by atoms with E-state index in [9.17, 15) is 14.4 Å². The molecule has 0 spiro atoms. The Hall–Kier alpha value is -5.30. The van der Waals surface area contributed by atoms with Gasteiger partial charge in [0.15, 0.2) is 0 Å². The van der Waals surface area contributed by atoms with Crippen LogP contribution in [0.25, 0.3) is 39.2 Å². The zero-order valence-corrected chi connectivity index (χ0v) is 29.2. The van der Waals surface area contributed by atoms with Gasteiger partial charge in [0.25, 0.3) is 5.56 Å². The average Bonchev–Trinajstić information content (AvgIpc) is 3.81. The minimum atomic E-state index is -0.650. The molecule has 2 atom stereocenters. The summed E-state index contributed by atoms with van der Waals surface area (Å²) < 4.78 is 11.8. The summed E-state index contributed by atoms with van der Waals surface area (Å²) in [5.41, 5.74) is 5.49. The molecule has 3 N–H and O–H groups in total. The first-order chi connectivity index (χ1) is 24.7. The molecule has 5 heterocycles. The number of halogens is 2. The van der Waals surface area contributed by atoms with E-state index in [-0.39, 0.29) is 29.6 Å². The lowest BCUT2D eigenvalue weighted by Crippen LogP contribution is -2.40. The highest BCUT2D eigenvalue weighted by molar-refractivity contribution is 6.39. The van der Waals surface area contributed by atoms with Crippen LogP contribution in [0.2, 0.25) is 10.0 Å². The third-order valence-corrected chi connectivity index (χ3v) is 9.81. The highest BCUT2D eigenvalue weighted by Gasteiger charge is 2.28. The summed E-state index contributed by atoms with van der Waals surface area (Å²) in [6.45, 7) is 1.36. The Labute approximate surface area is 302 Å². The van der Waals surface area contributed by atoms with Gasteiger partial charge in [0, 0.05) is 65.8 Å². The van der Waals surface area contributed by atoms with Crippen molar-refractivity contribution in [2.45, 2.75) is 31.5 Å². The minimum absolute atomic E-state index is 0.0861. The molecule has 14 heteroatoms. The number of hydrogen-bond acceptors (Lipinski definition) is 10. The van der Waals surface area contributed by atoms with Gasteiger partial charge in [-0.15, -0.1) is 0 Å². The van der Waals surface area contributed by atoms with E-state index in [2.05, 4.69) is 25.9 Å². The molecule has 0 radical (unpaired) electrons. The number of hydrogen-bond donors (Lipinski definition) is 3. The molecule has 2 aromatic carbocycles. The number of esters is 1. The van der Waals surface area contributed by atoms with Crippen LogP contribution in [0.3, 0.4) is 0 Å². The third kappa shape index (κ3) is 6.77. The number of nitrogens with one attached hydrogen (secondary N) is 3. The smallest absolute Gasteiger partial charge is 0.330 e. The molecule has 1 saturated heterocycles. The van der Waals surface area contributed by atoms with Crippen LogP contribution >= 0.6 is 23.2 Å². The van der Waals surface area contributed by atoms with Gasteiger partial charge in [-0.1, -0.05) is 65.7 Å². The van der Waals surface area contributed by atoms with Crippen molar-refractivity contribution in [2.24, 2.45) is 4.99 Å². The first kappa shape index (κ1) is 34.2. The second-order valence-corrected chi connectivity index (χ2v) is 12.9. The number of pyridine rings is 2. The van der Waals surface area contributed by atoms with Gasteiger partial charge >= 0.3 is 5.97 Å². The first-order valence-electron chi connectivity index (χ1n) is 16.3.